The third-order valence-corrected chi connectivity index (χ3v) is 3.82. The minimum atomic E-state index is -0.185. The summed E-state index contributed by atoms with van der Waals surface area (Å²) < 4.78 is 13.2. The maximum Gasteiger partial charge on any atom is 0.123 e. The van der Waals surface area contributed by atoms with E-state index in [2.05, 4.69) is 17.4 Å². The van der Waals surface area contributed by atoms with Gasteiger partial charge in [0.05, 0.1) is 0 Å². The molecule has 0 unspecified atom stereocenters. The molecule has 0 aliphatic carbocycles. The Morgan fingerprint density at radius 3 is 2.90 bits per heavy atom. The van der Waals surface area contributed by atoms with Crippen molar-refractivity contribution in [2.24, 2.45) is 0 Å². The van der Waals surface area contributed by atoms with Gasteiger partial charge in [0.2, 0.25) is 0 Å². The summed E-state index contributed by atoms with van der Waals surface area (Å²) in [5.74, 6) is 0.325. The molecule has 0 saturated carbocycles. The Balaban J connectivity index is 1.77. The number of piperidine rings is 1. The molecule has 1 aromatic heterocycles. The number of nitrogens with one attached hydrogen (secondary N) is 1. The number of hydrogen-bond acceptors (Lipinski definition) is 2. The molecule has 1 aliphatic heterocycles. The lowest BCUT2D eigenvalue weighted by Gasteiger charge is -2.22. The summed E-state index contributed by atoms with van der Waals surface area (Å²) in [6, 6.07) is 12.9. The Morgan fingerprint density at radius 2 is 2.10 bits per heavy atom. The maximum absolute atomic E-state index is 13.2. The predicted octanol–water partition coefficient (Wildman–Crippen LogP) is 3.28. The van der Waals surface area contributed by atoms with Crippen LogP contribution in [-0.2, 0) is 6.42 Å². The van der Waals surface area contributed by atoms with Crippen LogP contribution in [0.25, 0.3) is 0 Å². The fraction of sp³-hybridized carbons (Fsp3) is 0.353. The van der Waals surface area contributed by atoms with Crippen molar-refractivity contribution in [3.63, 3.8) is 0 Å². The van der Waals surface area contributed by atoms with Gasteiger partial charge in [-0.25, -0.2) is 4.39 Å². The Kier molecular flexibility index (Phi) is 4.07. The van der Waals surface area contributed by atoms with Crippen LogP contribution in [0.3, 0.4) is 0 Å². The molecule has 1 atom stereocenters. The summed E-state index contributed by atoms with van der Waals surface area (Å²) in [7, 11) is 0. The highest BCUT2D eigenvalue weighted by Crippen LogP contribution is 2.22. The van der Waals surface area contributed by atoms with E-state index in [-0.39, 0.29) is 5.82 Å². The summed E-state index contributed by atoms with van der Waals surface area (Å²) in [5, 5.41) is 3.42. The van der Waals surface area contributed by atoms with Gasteiger partial charge in [-0.15, -0.1) is 0 Å². The van der Waals surface area contributed by atoms with E-state index in [1.165, 1.54) is 18.9 Å². The Morgan fingerprint density at radius 1 is 1.20 bits per heavy atom. The van der Waals surface area contributed by atoms with E-state index in [0.29, 0.717) is 12.3 Å². The van der Waals surface area contributed by atoms with Crippen molar-refractivity contribution in [2.45, 2.75) is 25.2 Å². The Bertz CT molecular complexity index is 577. The molecule has 3 heteroatoms. The average molecular weight is 270 g/mol. The fourth-order valence-corrected chi connectivity index (χ4v) is 2.78. The SMILES string of the molecule is Fc1cccc(Cc2cccc([C@H]3CCCNC3)n2)c1. The van der Waals surface area contributed by atoms with E-state index in [1.54, 1.807) is 12.1 Å². The van der Waals surface area contributed by atoms with Crippen LogP contribution >= 0.6 is 0 Å². The number of hydrogen-bond donors (Lipinski definition) is 1. The van der Waals surface area contributed by atoms with Crippen LogP contribution in [0, 0.1) is 5.82 Å². The predicted molar refractivity (Wildman–Crippen MR) is 78.3 cm³/mol. The van der Waals surface area contributed by atoms with Gasteiger partial charge >= 0.3 is 0 Å². The third-order valence-electron chi connectivity index (χ3n) is 3.82. The molecule has 0 amide bonds. The molecule has 0 spiro atoms. The Hall–Kier alpha value is -1.74. The van der Waals surface area contributed by atoms with Gasteiger partial charge in [0, 0.05) is 30.3 Å². The van der Waals surface area contributed by atoms with E-state index < -0.39 is 0 Å². The first-order valence-corrected chi connectivity index (χ1v) is 7.22. The summed E-state index contributed by atoms with van der Waals surface area (Å²) >= 11 is 0. The maximum atomic E-state index is 13.2. The quantitative estimate of drug-likeness (QED) is 0.926. The zero-order valence-electron chi connectivity index (χ0n) is 11.5. The summed E-state index contributed by atoms with van der Waals surface area (Å²) in [6.07, 6.45) is 3.09. The number of benzene rings is 1. The first kappa shape index (κ1) is 13.3. The molecule has 2 aromatic rings. The van der Waals surface area contributed by atoms with Crippen LogP contribution in [0.5, 0.6) is 0 Å². The first-order chi connectivity index (χ1) is 9.81. The highest BCUT2D eigenvalue weighted by atomic mass is 19.1. The van der Waals surface area contributed by atoms with E-state index in [0.717, 1.165) is 30.0 Å². The molecular formula is C17H19FN2. The summed E-state index contributed by atoms with van der Waals surface area (Å²) in [5.41, 5.74) is 3.14. The lowest BCUT2D eigenvalue weighted by Crippen LogP contribution is -2.28. The largest absolute Gasteiger partial charge is 0.316 e. The van der Waals surface area contributed by atoms with Crippen LogP contribution < -0.4 is 5.32 Å². The van der Waals surface area contributed by atoms with Gasteiger partial charge in [-0.1, -0.05) is 18.2 Å². The zero-order valence-corrected chi connectivity index (χ0v) is 11.5. The number of pyridine rings is 1. The fourth-order valence-electron chi connectivity index (χ4n) is 2.78. The lowest BCUT2D eigenvalue weighted by molar-refractivity contribution is 0.454. The second kappa shape index (κ2) is 6.14. The normalized spacial score (nSPS) is 18.9. The number of aromatic nitrogens is 1. The second-order valence-electron chi connectivity index (χ2n) is 5.40. The van der Waals surface area contributed by atoms with Crippen molar-refractivity contribution in [2.75, 3.05) is 13.1 Å². The molecular weight excluding hydrogens is 251 g/mol. The van der Waals surface area contributed by atoms with Crippen LogP contribution in [0.4, 0.5) is 4.39 Å². The highest BCUT2D eigenvalue weighted by molar-refractivity contribution is 5.24. The van der Waals surface area contributed by atoms with Crippen molar-refractivity contribution in [3.05, 3.63) is 65.2 Å². The third kappa shape index (κ3) is 3.23. The van der Waals surface area contributed by atoms with Crippen LogP contribution in [-0.4, -0.2) is 18.1 Å². The van der Waals surface area contributed by atoms with Gasteiger partial charge in [0.1, 0.15) is 5.82 Å². The molecule has 0 radical (unpaired) electrons. The highest BCUT2D eigenvalue weighted by Gasteiger charge is 2.16. The van der Waals surface area contributed by atoms with Gasteiger partial charge in [-0.2, -0.15) is 0 Å². The number of halogens is 1. The first-order valence-electron chi connectivity index (χ1n) is 7.22. The van der Waals surface area contributed by atoms with Crippen LogP contribution in [0.2, 0.25) is 0 Å². The zero-order chi connectivity index (χ0) is 13.8. The van der Waals surface area contributed by atoms with E-state index in [1.807, 2.05) is 12.1 Å². The molecule has 1 saturated heterocycles. The molecule has 20 heavy (non-hydrogen) atoms. The van der Waals surface area contributed by atoms with Gasteiger partial charge in [-0.05, 0) is 49.2 Å². The summed E-state index contributed by atoms with van der Waals surface area (Å²) in [4.78, 5) is 4.76. The van der Waals surface area contributed by atoms with Crippen LogP contribution in [0.15, 0.2) is 42.5 Å². The van der Waals surface area contributed by atoms with E-state index >= 15 is 0 Å². The minimum absolute atomic E-state index is 0.185. The average Bonchev–Trinajstić information content (AvgIpc) is 2.48. The topological polar surface area (TPSA) is 24.9 Å². The molecule has 3 rings (SSSR count). The van der Waals surface area contributed by atoms with Gasteiger partial charge in [0.15, 0.2) is 0 Å². The molecule has 1 N–H and O–H groups in total. The molecule has 0 bridgehead atoms. The molecule has 2 heterocycles. The Labute approximate surface area is 119 Å². The van der Waals surface area contributed by atoms with Crippen LogP contribution in [0.1, 0.15) is 35.7 Å². The van der Waals surface area contributed by atoms with Gasteiger partial charge in [0.25, 0.3) is 0 Å². The van der Waals surface area contributed by atoms with Crippen molar-refractivity contribution >= 4 is 0 Å². The number of nitrogens with zero attached hydrogens (tertiary/aromatic N) is 1. The second-order valence-corrected chi connectivity index (χ2v) is 5.40. The van der Waals surface area contributed by atoms with Gasteiger partial charge in [-0.3, -0.25) is 4.98 Å². The van der Waals surface area contributed by atoms with Crippen molar-refractivity contribution in [3.8, 4) is 0 Å². The van der Waals surface area contributed by atoms with Gasteiger partial charge < -0.3 is 5.32 Å². The number of rotatable bonds is 3. The lowest BCUT2D eigenvalue weighted by atomic mass is 9.95. The summed E-state index contributed by atoms with van der Waals surface area (Å²) in [6.45, 7) is 2.12. The monoisotopic (exact) mass is 270 g/mol. The molecule has 1 aromatic carbocycles. The minimum Gasteiger partial charge on any atom is -0.316 e. The molecule has 1 aliphatic rings. The molecule has 104 valence electrons. The smallest absolute Gasteiger partial charge is 0.123 e. The van der Waals surface area contributed by atoms with E-state index in [4.69, 9.17) is 4.98 Å². The van der Waals surface area contributed by atoms with Crippen molar-refractivity contribution in [1.82, 2.24) is 10.3 Å². The molecule has 1 fully saturated rings. The standard InChI is InChI=1S/C17H19FN2/c18-15-6-1-4-13(10-15)11-16-7-2-8-17(20-16)14-5-3-9-19-12-14/h1-2,4,6-8,10,14,19H,3,5,9,11-12H2/t14-/m0/s1. The van der Waals surface area contributed by atoms with E-state index in [9.17, 15) is 4.39 Å². The van der Waals surface area contributed by atoms with Crippen molar-refractivity contribution in [1.29, 1.82) is 0 Å². The van der Waals surface area contributed by atoms with Crippen molar-refractivity contribution < 1.29 is 4.39 Å². The molecule has 2 nitrogen and oxygen atoms in total.